The second-order valence-electron chi connectivity index (χ2n) is 12.4. The lowest BCUT2D eigenvalue weighted by molar-refractivity contribution is -0.161. The molecule has 1 unspecified atom stereocenters. The first-order valence-electron chi connectivity index (χ1n) is 16.5. The van der Waals surface area contributed by atoms with Crippen LogP contribution in [0.4, 0.5) is 0 Å². The number of thiazole rings is 1. The van der Waals surface area contributed by atoms with Gasteiger partial charge in [0.2, 0.25) is 0 Å². The predicted octanol–water partition coefficient (Wildman–Crippen LogP) is 4.42. The number of aliphatic hydroxyl groups is 1. The maximum atomic E-state index is 12.8. The summed E-state index contributed by atoms with van der Waals surface area (Å²) < 4.78 is 12.6. The van der Waals surface area contributed by atoms with Crippen molar-refractivity contribution in [2.24, 2.45) is 0 Å². The van der Waals surface area contributed by atoms with Crippen molar-refractivity contribution in [2.75, 3.05) is 59.0 Å². The number of phenolic OH excluding ortho intramolecular Hbond substituents is 1. The number of phenols is 1. The monoisotopic (exact) mass is 640 g/mol. The van der Waals surface area contributed by atoms with Crippen LogP contribution in [0.15, 0.2) is 47.3 Å². The number of hydrogen-bond acceptors (Lipinski definition) is 9. The van der Waals surface area contributed by atoms with Crippen molar-refractivity contribution in [2.45, 2.75) is 69.5 Å². The van der Waals surface area contributed by atoms with Crippen LogP contribution in [-0.2, 0) is 9.53 Å². The number of unbranched alkanes of at least 4 members (excludes halogenated alkanes) is 6. The zero-order valence-corrected chi connectivity index (χ0v) is 27.0. The Kier molecular flexibility index (Phi) is 12.3. The van der Waals surface area contributed by atoms with E-state index >= 15 is 0 Å². The van der Waals surface area contributed by atoms with Gasteiger partial charge in [-0.2, -0.15) is 0 Å². The molecule has 2 saturated heterocycles. The highest BCUT2D eigenvalue weighted by Gasteiger charge is 2.40. The summed E-state index contributed by atoms with van der Waals surface area (Å²) in [5.74, 6) is 0.774. The normalized spacial score (nSPS) is 17.6. The summed E-state index contributed by atoms with van der Waals surface area (Å²) in [7, 11) is 0. The lowest BCUT2D eigenvalue weighted by atomic mass is 9.89. The first-order valence-corrected chi connectivity index (χ1v) is 17.3. The number of ether oxygens (including phenoxy) is 2. The predicted molar refractivity (Wildman–Crippen MR) is 177 cm³/mol. The van der Waals surface area contributed by atoms with Gasteiger partial charge in [-0.1, -0.05) is 67.7 Å². The number of aromatic hydroxyl groups is 1. The van der Waals surface area contributed by atoms with Crippen molar-refractivity contribution in [1.29, 1.82) is 0 Å². The van der Waals surface area contributed by atoms with Gasteiger partial charge in [0.1, 0.15) is 17.0 Å². The molecule has 45 heavy (non-hydrogen) atoms. The maximum absolute atomic E-state index is 12.8. The molecule has 1 atom stereocenters. The number of H-pyrrole nitrogens is 1. The van der Waals surface area contributed by atoms with Gasteiger partial charge in [0.15, 0.2) is 6.61 Å². The molecule has 11 heteroatoms. The summed E-state index contributed by atoms with van der Waals surface area (Å²) in [5, 5.41) is 23.9. The lowest BCUT2D eigenvalue weighted by Crippen LogP contribution is -2.58. The number of aromatic amines is 1. The van der Waals surface area contributed by atoms with Gasteiger partial charge in [0, 0.05) is 38.3 Å². The van der Waals surface area contributed by atoms with E-state index in [1.807, 2.05) is 35.2 Å². The number of aliphatic hydroxyl groups excluding tert-OH is 1. The van der Waals surface area contributed by atoms with Crippen molar-refractivity contribution in [3.63, 3.8) is 0 Å². The Bertz CT molecular complexity index is 1400. The molecule has 2 aromatic carbocycles. The molecule has 5 rings (SSSR count). The summed E-state index contributed by atoms with van der Waals surface area (Å²) in [6.07, 6.45) is 9.62. The lowest BCUT2D eigenvalue weighted by Gasteiger charge is -2.47. The Morgan fingerprint density at radius 3 is 2.53 bits per heavy atom. The maximum Gasteiger partial charge on any atom is 0.305 e. The number of benzene rings is 2. The molecule has 246 valence electrons. The highest BCUT2D eigenvalue weighted by atomic mass is 32.1. The minimum absolute atomic E-state index is 0.0233. The van der Waals surface area contributed by atoms with Crippen LogP contribution in [0.3, 0.4) is 0 Å². The van der Waals surface area contributed by atoms with Crippen LogP contribution in [0.25, 0.3) is 10.2 Å². The summed E-state index contributed by atoms with van der Waals surface area (Å²) >= 11 is 1.01. The van der Waals surface area contributed by atoms with E-state index < -0.39 is 6.10 Å². The molecular weight excluding hydrogens is 592 g/mol. The van der Waals surface area contributed by atoms with E-state index in [0.29, 0.717) is 42.0 Å². The molecule has 1 spiro atoms. The Labute approximate surface area is 269 Å². The van der Waals surface area contributed by atoms with Crippen molar-refractivity contribution >= 4 is 27.5 Å². The van der Waals surface area contributed by atoms with Crippen LogP contribution >= 0.6 is 11.3 Å². The number of likely N-dealkylation sites (tertiary alicyclic amines) is 1. The molecule has 0 radical (unpaired) electrons. The quantitative estimate of drug-likeness (QED) is 0.170. The molecule has 0 bridgehead atoms. The van der Waals surface area contributed by atoms with Gasteiger partial charge < -0.3 is 39.8 Å². The summed E-state index contributed by atoms with van der Waals surface area (Å²) in [6.45, 7) is 6.38. The molecule has 3 aromatic rings. The third-order valence-corrected chi connectivity index (χ3v) is 10.0. The fraction of sp³-hybridized carbons (Fsp3) is 0.588. The minimum Gasteiger partial charge on any atom is -0.506 e. The third-order valence-electron chi connectivity index (χ3n) is 9.09. The number of carbonyl (C=O) groups is 1. The fourth-order valence-electron chi connectivity index (χ4n) is 6.42. The van der Waals surface area contributed by atoms with E-state index in [1.54, 1.807) is 6.07 Å². The first-order chi connectivity index (χ1) is 21.9. The summed E-state index contributed by atoms with van der Waals surface area (Å²) in [6, 6.07) is 12.7. The molecule has 10 nitrogen and oxygen atoms in total. The zero-order valence-electron chi connectivity index (χ0n) is 26.2. The standard InChI is InChI=1S/C34H48N4O6S/c39-28-14-13-27(32-31(28)36-33(42)45-32)29(40)23-35-17-9-4-2-1-3-5-10-18-37-19-15-34(16-20-37)25-38(21-22-44-34)30(41)24-43-26-11-7-6-8-12-26/h6-8,11-14,29,35,39-40H,1-5,9-10,15-25H2,(H,36,42). The SMILES string of the molecule is O=C(COc1ccccc1)N1CCOC2(CCN(CCCCCCCCCNCC(O)c3ccc(O)c4[nH]c(=O)sc34)CC2)C1. The number of amides is 1. The fourth-order valence-corrected chi connectivity index (χ4v) is 7.34. The number of aromatic nitrogens is 1. The number of nitrogens with one attached hydrogen (secondary N) is 2. The molecule has 2 fully saturated rings. The highest BCUT2D eigenvalue weighted by Crippen LogP contribution is 2.32. The smallest absolute Gasteiger partial charge is 0.305 e. The molecule has 1 amide bonds. The number of morpholine rings is 1. The molecular formula is C34H48N4O6S. The average Bonchev–Trinajstić information content (AvgIpc) is 3.46. The van der Waals surface area contributed by atoms with Gasteiger partial charge in [0.25, 0.3) is 5.91 Å². The Morgan fingerprint density at radius 1 is 1.02 bits per heavy atom. The van der Waals surface area contributed by atoms with Crippen molar-refractivity contribution in [1.82, 2.24) is 20.1 Å². The van der Waals surface area contributed by atoms with E-state index in [9.17, 15) is 19.8 Å². The van der Waals surface area contributed by atoms with Crippen LogP contribution in [-0.4, -0.2) is 95.5 Å². The first kappa shape index (κ1) is 33.4. The van der Waals surface area contributed by atoms with E-state index in [2.05, 4.69) is 15.2 Å². The second-order valence-corrected chi connectivity index (χ2v) is 13.4. The molecule has 3 heterocycles. The van der Waals surface area contributed by atoms with E-state index in [0.717, 1.165) is 68.9 Å². The van der Waals surface area contributed by atoms with Crippen LogP contribution in [0.2, 0.25) is 0 Å². The second kappa shape index (κ2) is 16.6. The van der Waals surface area contributed by atoms with Gasteiger partial charge in [-0.05, 0) is 57.0 Å². The van der Waals surface area contributed by atoms with Crippen molar-refractivity contribution < 1.29 is 24.5 Å². The summed E-state index contributed by atoms with van der Waals surface area (Å²) in [4.78, 5) is 31.4. The highest BCUT2D eigenvalue weighted by molar-refractivity contribution is 7.16. The Morgan fingerprint density at radius 2 is 1.76 bits per heavy atom. The number of carbonyl (C=O) groups excluding carboxylic acids is 1. The average molecular weight is 641 g/mol. The number of para-hydroxylation sites is 1. The Balaban J connectivity index is 0.872. The summed E-state index contributed by atoms with van der Waals surface area (Å²) in [5.41, 5.74) is 0.841. The topological polar surface area (TPSA) is 127 Å². The molecule has 1 aromatic heterocycles. The molecule has 2 aliphatic heterocycles. The minimum atomic E-state index is -0.732. The number of nitrogens with zero attached hydrogens (tertiary/aromatic N) is 2. The number of piperidine rings is 1. The molecule has 0 saturated carbocycles. The third kappa shape index (κ3) is 9.52. The van der Waals surface area contributed by atoms with E-state index in [-0.39, 0.29) is 28.7 Å². The molecule has 0 aliphatic carbocycles. The van der Waals surface area contributed by atoms with Gasteiger partial charge in [-0.25, -0.2) is 0 Å². The van der Waals surface area contributed by atoms with Crippen LogP contribution in [0.1, 0.15) is 69.5 Å². The van der Waals surface area contributed by atoms with Gasteiger partial charge >= 0.3 is 4.87 Å². The van der Waals surface area contributed by atoms with Gasteiger partial charge in [-0.3, -0.25) is 9.59 Å². The van der Waals surface area contributed by atoms with Crippen LogP contribution < -0.4 is 14.9 Å². The molecule has 2 aliphatic rings. The van der Waals surface area contributed by atoms with E-state index in [4.69, 9.17) is 9.47 Å². The Hall–Kier alpha value is -2.96. The zero-order chi connectivity index (χ0) is 31.5. The van der Waals surface area contributed by atoms with Crippen molar-refractivity contribution in [3.05, 3.63) is 57.7 Å². The van der Waals surface area contributed by atoms with Crippen molar-refractivity contribution in [3.8, 4) is 11.5 Å². The largest absolute Gasteiger partial charge is 0.506 e. The number of fused-ring (bicyclic) bond motifs is 1. The van der Waals surface area contributed by atoms with Crippen LogP contribution in [0.5, 0.6) is 11.5 Å². The molecule has 4 N–H and O–H groups in total. The van der Waals surface area contributed by atoms with Crippen LogP contribution in [0, 0.1) is 0 Å². The number of rotatable bonds is 16. The van der Waals surface area contributed by atoms with Gasteiger partial charge in [0.05, 0.1) is 23.0 Å². The van der Waals surface area contributed by atoms with E-state index in [1.165, 1.54) is 38.2 Å². The van der Waals surface area contributed by atoms with Gasteiger partial charge in [-0.15, -0.1) is 0 Å². The number of hydrogen-bond donors (Lipinski definition) is 4.